The van der Waals surface area contributed by atoms with Crippen LogP contribution in [-0.4, -0.2) is 13.1 Å². The standard InChI is InChI=1S/C18H22N2/c1-2-14-8-9-17-16(12-14)13-19-10-11-20-18(17)15-6-4-3-5-7-15/h3-9,12,18-20H,2,10-11,13H2,1H3. The Balaban J connectivity index is 2.04. The van der Waals surface area contributed by atoms with Gasteiger partial charge in [-0.05, 0) is 28.7 Å². The molecule has 0 saturated heterocycles. The highest BCUT2D eigenvalue weighted by atomic mass is 15.0. The number of benzene rings is 2. The summed E-state index contributed by atoms with van der Waals surface area (Å²) in [7, 11) is 0. The average molecular weight is 266 g/mol. The third-order valence-electron chi connectivity index (χ3n) is 4.03. The van der Waals surface area contributed by atoms with E-state index in [1.165, 1.54) is 22.3 Å². The quantitative estimate of drug-likeness (QED) is 0.873. The summed E-state index contributed by atoms with van der Waals surface area (Å²) >= 11 is 0. The summed E-state index contributed by atoms with van der Waals surface area (Å²) in [6.45, 7) is 5.19. The molecule has 0 bridgehead atoms. The van der Waals surface area contributed by atoms with Gasteiger partial charge in [-0.1, -0.05) is 55.5 Å². The second kappa shape index (κ2) is 6.21. The Kier molecular flexibility index (Phi) is 4.14. The van der Waals surface area contributed by atoms with Gasteiger partial charge in [0.25, 0.3) is 0 Å². The van der Waals surface area contributed by atoms with Gasteiger partial charge in [-0.15, -0.1) is 0 Å². The molecule has 2 aromatic rings. The molecule has 2 aromatic carbocycles. The van der Waals surface area contributed by atoms with E-state index in [0.717, 1.165) is 26.1 Å². The second-order valence-electron chi connectivity index (χ2n) is 5.36. The maximum Gasteiger partial charge on any atom is 0.0580 e. The number of rotatable bonds is 2. The number of fused-ring (bicyclic) bond motifs is 1. The van der Waals surface area contributed by atoms with Crippen molar-refractivity contribution in [3.63, 3.8) is 0 Å². The van der Waals surface area contributed by atoms with Crippen molar-refractivity contribution >= 4 is 0 Å². The van der Waals surface area contributed by atoms with E-state index in [4.69, 9.17) is 0 Å². The van der Waals surface area contributed by atoms with Crippen LogP contribution in [-0.2, 0) is 13.0 Å². The smallest absolute Gasteiger partial charge is 0.0580 e. The van der Waals surface area contributed by atoms with Crippen LogP contribution in [0.5, 0.6) is 0 Å². The Labute approximate surface area is 121 Å². The number of hydrogen-bond donors (Lipinski definition) is 2. The first-order valence-electron chi connectivity index (χ1n) is 7.49. The van der Waals surface area contributed by atoms with E-state index in [0.29, 0.717) is 6.04 Å². The van der Waals surface area contributed by atoms with Crippen molar-refractivity contribution in [3.05, 3.63) is 70.8 Å². The summed E-state index contributed by atoms with van der Waals surface area (Å²) in [5.74, 6) is 0. The van der Waals surface area contributed by atoms with Crippen LogP contribution < -0.4 is 10.6 Å². The zero-order valence-electron chi connectivity index (χ0n) is 12.0. The van der Waals surface area contributed by atoms with Crippen molar-refractivity contribution in [1.29, 1.82) is 0 Å². The lowest BCUT2D eigenvalue weighted by Gasteiger charge is -2.26. The minimum Gasteiger partial charge on any atom is -0.311 e. The van der Waals surface area contributed by atoms with E-state index < -0.39 is 0 Å². The van der Waals surface area contributed by atoms with Crippen molar-refractivity contribution in [2.45, 2.75) is 25.9 Å². The predicted octanol–water partition coefficient (Wildman–Crippen LogP) is 3.03. The lowest BCUT2D eigenvalue weighted by Crippen LogP contribution is -2.34. The monoisotopic (exact) mass is 266 g/mol. The molecule has 3 rings (SSSR count). The molecule has 104 valence electrons. The lowest BCUT2D eigenvalue weighted by atomic mass is 9.92. The summed E-state index contributed by atoms with van der Waals surface area (Å²) in [4.78, 5) is 0. The first-order chi connectivity index (χ1) is 9.88. The maximum absolute atomic E-state index is 3.67. The Hall–Kier alpha value is -1.64. The summed E-state index contributed by atoms with van der Waals surface area (Å²) in [6, 6.07) is 18.0. The van der Waals surface area contributed by atoms with E-state index in [9.17, 15) is 0 Å². The van der Waals surface area contributed by atoms with Gasteiger partial charge in [0.1, 0.15) is 0 Å². The van der Waals surface area contributed by atoms with E-state index >= 15 is 0 Å². The van der Waals surface area contributed by atoms with Gasteiger partial charge < -0.3 is 10.6 Å². The van der Waals surface area contributed by atoms with Crippen LogP contribution in [0.25, 0.3) is 0 Å². The lowest BCUT2D eigenvalue weighted by molar-refractivity contribution is 0.538. The number of aryl methyl sites for hydroxylation is 1. The number of nitrogens with one attached hydrogen (secondary N) is 2. The highest BCUT2D eigenvalue weighted by Crippen LogP contribution is 2.27. The molecule has 0 saturated carbocycles. The summed E-state index contributed by atoms with van der Waals surface area (Å²) in [5, 5.41) is 7.17. The summed E-state index contributed by atoms with van der Waals surface area (Å²) < 4.78 is 0. The Morgan fingerprint density at radius 1 is 1.05 bits per heavy atom. The largest absolute Gasteiger partial charge is 0.311 e. The van der Waals surface area contributed by atoms with Gasteiger partial charge in [0.2, 0.25) is 0 Å². The minimum atomic E-state index is 0.305. The van der Waals surface area contributed by atoms with E-state index in [1.807, 2.05) is 0 Å². The fourth-order valence-electron chi connectivity index (χ4n) is 2.89. The van der Waals surface area contributed by atoms with Gasteiger partial charge in [0, 0.05) is 19.6 Å². The fraction of sp³-hybridized carbons (Fsp3) is 0.333. The molecule has 0 spiro atoms. The van der Waals surface area contributed by atoms with Gasteiger partial charge >= 0.3 is 0 Å². The van der Waals surface area contributed by atoms with Crippen molar-refractivity contribution < 1.29 is 0 Å². The van der Waals surface area contributed by atoms with Crippen molar-refractivity contribution in [1.82, 2.24) is 10.6 Å². The van der Waals surface area contributed by atoms with Crippen molar-refractivity contribution in [3.8, 4) is 0 Å². The molecule has 1 atom stereocenters. The van der Waals surface area contributed by atoms with Crippen LogP contribution in [0.2, 0.25) is 0 Å². The first-order valence-corrected chi connectivity index (χ1v) is 7.49. The molecule has 2 nitrogen and oxygen atoms in total. The predicted molar refractivity (Wildman–Crippen MR) is 83.8 cm³/mol. The van der Waals surface area contributed by atoms with Crippen LogP contribution in [0.4, 0.5) is 0 Å². The minimum absolute atomic E-state index is 0.305. The molecule has 2 heteroatoms. The second-order valence-corrected chi connectivity index (χ2v) is 5.36. The van der Waals surface area contributed by atoms with Crippen molar-refractivity contribution in [2.24, 2.45) is 0 Å². The molecule has 0 aromatic heterocycles. The third-order valence-corrected chi connectivity index (χ3v) is 4.03. The Morgan fingerprint density at radius 2 is 1.90 bits per heavy atom. The zero-order chi connectivity index (χ0) is 13.8. The van der Waals surface area contributed by atoms with Gasteiger partial charge in [0.15, 0.2) is 0 Å². The zero-order valence-corrected chi connectivity index (χ0v) is 12.0. The molecule has 1 heterocycles. The molecular weight excluding hydrogens is 244 g/mol. The van der Waals surface area contributed by atoms with E-state index in [2.05, 4.69) is 66.1 Å². The topological polar surface area (TPSA) is 24.1 Å². The first kappa shape index (κ1) is 13.3. The molecule has 0 fully saturated rings. The van der Waals surface area contributed by atoms with Crippen LogP contribution in [0.15, 0.2) is 48.5 Å². The molecule has 0 amide bonds. The normalized spacial score (nSPS) is 18.9. The molecule has 2 N–H and O–H groups in total. The van der Waals surface area contributed by atoms with Crippen LogP contribution in [0.1, 0.15) is 35.2 Å². The Morgan fingerprint density at radius 3 is 2.70 bits per heavy atom. The molecule has 0 aliphatic carbocycles. The van der Waals surface area contributed by atoms with Crippen molar-refractivity contribution in [2.75, 3.05) is 13.1 Å². The van der Waals surface area contributed by atoms with Crippen LogP contribution >= 0.6 is 0 Å². The third kappa shape index (κ3) is 2.77. The fourth-order valence-corrected chi connectivity index (χ4v) is 2.89. The highest BCUT2D eigenvalue weighted by molar-refractivity contribution is 5.40. The molecule has 1 aliphatic heterocycles. The highest BCUT2D eigenvalue weighted by Gasteiger charge is 2.18. The SMILES string of the molecule is CCc1ccc2c(c1)CNCCNC2c1ccccc1. The van der Waals surface area contributed by atoms with Gasteiger partial charge in [-0.3, -0.25) is 0 Å². The molecular formula is C18H22N2. The molecule has 0 radical (unpaired) electrons. The number of hydrogen-bond acceptors (Lipinski definition) is 2. The van der Waals surface area contributed by atoms with Gasteiger partial charge in [0.05, 0.1) is 6.04 Å². The van der Waals surface area contributed by atoms with E-state index in [-0.39, 0.29) is 0 Å². The average Bonchev–Trinajstić information content (AvgIpc) is 2.49. The molecule has 1 aliphatic rings. The molecule has 1 unspecified atom stereocenters. The molecule has 20 heavy (non-hydrogen) atoms. The van der Waals surface area contributed by atoms with Crippen LogP contribution in [0, 0.1) is 0 Å². The van der Waals surface area contributed by atoms with E-state index in [1.54, 1.807) is 0 Å². The van der Waals surface area contributed by atoms with Crippen LogP contribution in [0.3, 0.4) is 0 Å². The Bertz CT molecular complexity index is 563. The maximum atomic E-state index is 3.67. The summed E-state index contributed by atoms with van der Waals surface area (Å²) in [6.07, 6.45) is 1.09. The van der Waals surface area contributed by atoms with Gasteiger partial charge in [-0.2, -0.15) is 0 Å². The summed E-state index contributed by atoms with van der Waals surface area (Å²) in [5.41, 5.74) is 5.59. The van der Waals surface area contributed by atoms with Gasteiger partial charge in [-0.25, -0.2) is 0 Å².